The molecule has 1 aliphatic carbocycles. The Bertz CT molecular complexity index is 518. The third kappa shape index (κ3) is 7.08. The van der Waals surface area contributed by atoms with Crippen LogP contribution in [0.25, 0.3) is 0 Å². The second-order valence-electron chi connectivity index (χ2n) is 7.07. The molecule has 0 spiro atoms. The number of aliphatic hydroxyl groups excluding tert-OH is 2. The summed E-state index contributed by atoms with van der Waals surface area (Å²) in [6, 6.07) is -2.32. The molecule has 1 aliphatic rings. The predicted molar refractivity (Wildman–Crippen MR) is 96.8 cm³/mol. The van der Waals surface area contributed by atoms with Gasteiger partial charge in [-0.05, 0) is 18.3 Å². The van der Waals surface area contributed by atoms with Gasteiger partial charge in [0.1, 0.15) is 0 Å². The lowest BCUT2D eigenvalue weighted by atomic mass is 9.69. The average Bonchev–Trinajstić information content (AvgIpc) is 2.69. The SMILES string of the molecule is COC(=O)[C@@H](CO)NC(=O)CC1(CC(=O)N[C@H](CO)C(=O)OC)CCCCC1. The fourth-order valence-electron chi connectivity index (χ4n) is 3.53. The highest BCUT2D eigenvalue weighted by Gasteiger charge is 2.38. The largest absolute Gasteiger partial charge is 0.467 e. The van der Waals surface area contributed by atoms with Crippen LogP contribution in [0.2, 0.25) is 0 Å². The molecule has 0 aromatic carbocycles. The van der Waals surface area contributed by atoms with Gasteiger partial charge in [0.25, 0.3) is 0 Å². The minimum absolute atomic E-state index is 0.00404. The van der Waals surface area contributed by atoms with Crippen LogP contribution in [-0.2, 0) is 28.7 Å². The van der Waals surface area contributed by atoms with Crippen LogP contribution in [0.4, 0.5) is 0 Å². The zero-order chi connectivity index (χ0) is 21.2. The monoisotopic (exact) mass is 402 g/mol. The van der Waals surface area contributed by atoms with Gasteiger partial charge in [0.15, 0.2) is 12.1 Å². The summed E-state index contributed by atoms with van der Waals surface area (Å²) in [5.74, 6) is -2.44. The number of methoxy groups -OCH3 is 2. The van der Waals surface area contributed by atoms with E-state index in [1.165, 1.54) is 0 Å². The van der Waals surface area contributed by atoms with Crippen molar-refractivity contribution >= 4 is 23.8 Å². The summed E-state index contributed by atoms with van der Waals surface area (Å²) in [7, 11) is 2.31. The second-order valence-corrected chi connectivity index (χ2v) is 7.07. The van der Waals surface area contributed by atoms with E-state index >= 15 is 0 Å². The first-order chi connectivity index (χ1) is 13.3. The van der Waals surface area contributed by atoms with E-state index in [0.29, 0.717) is 12.8 Å². The Kier molecular flexibility index (Phi) is 9.88. The molecule has 0 aromatic rings. The van der Waals surface area contributed by atoms with Crippen molar-refractivity contribution in [2.75, 3.05) is 27.4 Å². The Morgan fingerprint density at radius 3 is 1.54 bits per heavy atom. The van der Waals surface area contributed by atoms with Gasteiger partial charge >= 0.3 is 11.9 Å². The van der Waals surface area contributed by atoms with Crippen LogP contribution in [0.3, 0.4) is 0 Å². The molecule has 28 heavy (non-hydrogen) atoms. The highest BCUT2D eigenvalue weighted by Crippen LogP contribution is 2.42. The van der Waals surface area contributed by atoms with Crippen molar-refractivity contribution in [1.29, 1.82) is 0 Å². The maximum Gasteiger partial charge on any atom is 0.330 e. The zero-order valence-corrected chi connectivity index (χ0v) is 16.4. The first kappa shape index (κ1) is 23.8. The van der Waals surface area contributed by atoms with E-state index in [1.54, 1.807) is 0 Å². The molecule has 4 N–H and O–H groups in total. The van der Waals surface area contributed by atoms with Crippen molar-refractivity contribution in [3.8, 4) is 0 Å². The summed E-state index contributed by atoms with van der Waals surface area (Å²) in [5, 5.41) is 23.4. The molecular formula is C18H30N2O8. The number of carbonyl (C=O) groups excluding carboxylic acids is 4. The highest BCUT2D eigenvalue weighted by molar-refractivity contribution is 5.87. The van der Waals surface area contributed by atoms with E-state index in [2.05, 4.69) is 20.1 Å². The number of rotatable bonds is 10. The number of carbonyl (C=O) groups is 4. The van der Waals surface area contributed by atoms with Crippen LogP contribution in [0, 0.1) is 5.41 Å². The van der Waals surface area contributed by atoms with Crippen LogP contribution >= 0.6 is 0 Å². The number of hydrogen-bond donors (Lipinski definition) is 4. The van der Waals surface area contributed by atoms with Crippen molar-refractivity contribution in [2.45, 2.75) is 57.0 Å². The third-order valence-electron chi connectivity index (χ3n) is 4.99. The van der Waals surface area contributed by atoms with Gasteiger partial charge in [0.2, 0.25) is 11.8 Å². The average molecular weight is 402 g/mol. The predicted octanol–water partition coefficient (Wildman–Crippen LogP) is -0.983. The lowest BCUT2D eigenvalue weighted by Crippen LogP contribution is -2.48. The minimum Gasteiger partial charge on any atom is -0.467 e. The summed E-state index contributed by atoms with van der Waals surface area (Å²) in [6.45, 7) is -1.19. The summed E-state index contributed by atoms with van der Waals surface area (Å²) in [4.78, 5) is 48.0. The topological polar surface area (TPSA) is 151 Å². The summed E-state index contributed by atoms with van der Waals surface area (Å²) in [6.07, 6.45) is 3.96. The van der Waals surface area contributed by atoms with E-state index in [1.807, 2.05) is 0 Å². The molecule has 10 nitrogen and oxygen atoms in total. The molecule has 1 rings (SSSR count). The van der Waals surface area contributed by atoms with Crippen molar-refractivity contribution in [3.63, 3.8) is 0 Å². The van der Waals surface area contributed by atoms with Crippen LogP contribution in [-0.4, -0.2) is 73.5 Å². The van der Waals surface area contributed by atoms with Gasteiger partial charge in [-0.15, -0.1) is 0 Å². The summed E-state index contributed by atoms with van der Waals surface area (Å²) in [5.41, 5.74) is -0.626. The first-order valence-electron chi connectivity index (χ1n) is 9.27. The third-order valence-corrected chi connectivity index (χ3v) is 4.99. The minimum atomic E-state index is -1.16. The van der Waals surface area contributed by atoms with Gasteiger partial charge in [-0.2, -0.15) is 0 Å². The van der Waals surface area contributed by atoms with Gasteiger partial charge in [-0.1, -0.05) is 19.3 Å². The molecule has 0 aliphatic heterocycles. The quantitative estimate of drug-likeness (QED) is 0.340. The zero-order valence-electron chi connectivity index (χ0n) is 16.4. The van der Waals surface area contributed by atoms with Crippen molar-refractivity contribution < 1.29 is 38.9 Å². The van der Waals surface area contributed by atoms with E-state index in [-0.39, 0.29) is 12.8 Å². The smallest absolute Gasteiger partial charge is 0.330 e. The van der Waals surface area contributed by atoms with Crippen molar-refractivity contribution in [3.05, 3.63) is 0 Å². The molecular weight excluding hydrogens is 372 g/mol. The Morgan fingerprint density at radius 2 is 1.21 bits per heavy atom. The van der Waals surface area contributed by atoms with Crippen LogP contribution in [0.5, 0.6) is 0 Å². The molecule has 0 saturated heterocycles. The van der Waals surface area contributed by atoms with Gasteiger partial charge in [-0.25, -0.2) is 9.59 Å². The number of aliphatic hydroxyl groups is 2. The summed E-state index contributed by atoms with van der Waals surface area (Å²) < 4.78 is 9.06. The fraction of sp³-hybridized carbons (Fsp3) is 0.778. The number of hydrogen-bond acceptors (Lipinski definition) is 8. The molecule has 2 atom stereocenters. The standard InChI is InChI=1S/C18H30N2O8/c1-27-16(25)12(10-21)19-14(23)8-18(6-4-3-5-7-18)9-15(24)20-13(11-22)17(26)28-2/h12-13,21-22H,3-11H2,1-2H3,(H,19,23)(H,20,24)/t12-,13-/m1/s1. The van der Waals surface area contributed by atoms with E-state index in [0.717, 1.165) is 33.5 Å². The normalized spacial score (nSPS) is 17.7. The molecule has 1 fully saturated rings. The molecule has 2 amide bonds. The van der Waals surface area contributed by atoms with Crippen LogP contribution in [0.15, 0.2) is 0 Å². The highest BCUT2D eigenvalue weighted by atomic mass is 16.5. The second kappa shape index (κ2) is 11.6. The Balaban J connectivity index is 2.79. The first-order valence-corrected chi connectivity index (χ1v) is 9.27. The van der Waals surface area contributed by atoms with Gasteiger partial charge < -0.3 is 30.3 Å². The number of nitrogens with one attached hydrogen (secondary N) is 2. The fourth-order valence-corrected chi connectivity index (χ4v) is 3.53. The molecule has 0 heterocycles. The van der Waals surface area contributed by atoms with Crippen molar-refractivity contribution in [2.24, 2.45) is 5.41 Å². The molecule has 0 aromatic heterocycles. The van der Waals surface area contributed by atoms with Gasteiger partial charge in [0.05, 0.1) is 27.4 Å². The Hall–Kier alpha value is -2.20. The van der Waals surface area contributed by atoms with Gasteiger partial charge in [0, 0.05) is 12.8 Å². The molecule has 0 bridgehead atoms. The van der Waals surface area contributed by atoms with Gasteiger partial charge in [-0.3, -0.25) is 9.59 Å². The number of amides is 2. The maximum atomic E-state index is 12.4. The molecule has 0 radical (unpaired) electrons. The lowest BCUT2D eigenvalue weighted by molar-refractivity contribution is -0.147. The molecule has 160 valence electrons. The van der Waals surface area contributed by atoms with Crippen molar-refractivity contribution in [1.82, 2.24) is 10.6 Å². The molecule has 1 saturated carbocycles. The van der Waals surface area contributed by atoms with E-state index < -0.39 is 54.5 Å². The number of esters is 2. The maximum absolute atomic E-state index is 12.4. The Morgan fingerprint density at radius 1 is 0.821 bits per heavy atom. The number of ether oxygens (including phenoxy) is 2. The van der Waals surface area contributed by atoms with Crippen LogP contribution < -0.4 is 10.6 Å². The molecule has 0 unspecified atom stereocenters. The van der Waals surface area contributed by atoms with E-state index in [9.17, 15) is 29.4 Å². The van der Waals surface area contributed by atoms with Crippen LogP contribution in [0.1, 0.15) is 44.9 Å². The van der Waals surface area contributed by atoms with E-state index in [4.69, 9.17) is 0 Å². The Labute approximate surface area is 163 Å². The molecule has 10 heteroatoms. The summed E-state index contributed by atoms with van der Waals surface area (Å²) >= 11 is 0. The lowest BCUT2D eigenvalue weighted by Gasteiger charge is -2.37.